The second-order valence-electron chi connectivity index (χ2n) is 6.76. The number of methoxy groups -OCH3 is 1. The number of anilines is 2. The lowest BCUT2D eigenvalue weighted by Crippen LogP contribution is -2.32. The van der Waals surface area contributed by atoms with Crippen molar-refractivity contribution in [2.45, 2.75) is 0 Å². The van der Waals surface area contributed by atoms with E-state index < -0.39 is 23.5 Å². The van der Waals surface area contributed by atoms with E-state index in [1.807, 2.05) is 0 Å². The number of halogens is 1. The number of hydrazone groups is 1. The van der Waals surface area contributed by atoms with Gasteiger partial charge in [-0.3, -0.25) is 14.4 Å². The third-order valence-electron chi connectivity index (χ3n) is 4.33. The van der Waals surface area contributed by atoms with E-state index in [4.69, 9.17) is 9.47 Å². The zero-order chi connectivity index (χ0) is 24.3. The molecule has 0 fully saturated rings. The normalized spacial score (nSPS) is 10.4. The Balaban J connectivity index is 1.51. The minimum absolute atomic E-state index is 0.307. The zero-order valence-electron chi connectivity index (χ0n) is 18.1. The molecule has 174 valence electrons. The van der Waals surface area contributed by atoms with Crippen LogP contribution in [0.25, 0.3) is 0 Å². The fourth-order valence-corrected chi connectivity index (χ4v) is 2.67. The average molecular weight is 464 g/mol. The highest BCUT2D eigenvalue weighted by molar-refractivity contribution is 6.39. The second kappa shape index (κ2) is 11.8. The summed E-state index contributed by atoms with van der Waals surface area (Å²) in [4.78, 5) is 36.1. The van der Waals surface area contributed by atoms with Crippen LogP contribution >= 0.6 is 0 Å². The fourth-order valence-electron chi connectivity index (χ4n) is 2.67. The van der Waals surface area contributed by atoms with Crippen molar-refractivity contribution in [3.05, 3.63) is 84.2 Å². The van der Waals surface area contributed by atoms with Gasteiger partial charge < -0.3 is 20.1 Å². The standard InChI is InChI=1S/C24H21FN4O5/c1-33-20-12-10-19(11-13-20)28-23(31)24(32)29-26-14-16-4-2-3-5-21(16)34-15-22(30)27-18-8-6-17(25)7-9-18/h2-14H,15H2,1H3,(H,27,30)(H,28,31)(H,29,32)/b26-14-. The van der Waals surface area contributed by atoms with E-state index in [1.54, 1.807) is 48.5 Å². The number of carbonyl (C=O) groups excluding carboxylic acids is 3. The molecule has 0 saturated carbocycles. The van der Waals surface area contributed by atoms with Crippen molar-refractivity contribution in [1.82, 2.24) is 5.43 Å². The molecule has 0 heterocycles. The molecule has 3 aromatic carbocycles. The van der Waals surface area contributed by atoms with Gasteiger partial charge in [-0.15, -0.1) is 0 Å². The van der Waals surface area contributed by atoms with Gasteiger partial charge in [0, 0.05) is 16.9 Å². The molecule has 34 heavy (non-hydrogen) atoms. The summed E-state index contributed by atoms with van der Waals surface area (Å²) in [7, 11) is 1.52. The van der Waals surface area contributed by atoms with E-state index in [2.05, 4.69) is 21.2 Å². The summed E-state index contributed by atoms with van der Waals surface area (Å²) >= 11 is 0. The molecule has 0 bridgehead atoms. The van der Waals surface area contributed by atoms with Crippen LogP contribution in [-0.2, 0) is 14.4 Å². The van der Waals surface area contributed by atoms with Crippen LogP contribution in [0.3, 0.4) is 0 Å². The molecule has 0 atom stereocenters. The van der Waals surface area contributed by atoms with Crippen molar-refractivity contribution in [2.75, 3.05) is 24.4 Å². The molecule has 0 unspecified atom stereocenters. The maximum absolute atomic E-state index is 13.0. The molecular formula is C24H21FN4O5. The molecular weight excluding hydrogens is 443 g/mol. The van der Waals surface area contributed by atoms with E-state index in [0.717, 1.165) is 0 Å². The van der Waals surface area contributed by atoms with Gasteiger partial charge in [0.2, 0.25) is 0 Å². The number of amides is 3. The predicted molar refractivity (Wildman–Crippen MR) is 124 cm³/mol. The van der Waals surface area contributed by atoms with Crippen molar-refractivity contribution in [1.29, 1.82) is 0 Å². The van der Waals surface area contributed by atoms with Gasteiger partial charge in [0.15, 0.2) is 6.61 Å². The Morgan fingerprint density at radius 3 is 2.24 bits per heavy atom. The molecule has 0 radical (unpaired) electrons. The number of hydrogen-bond acceptors (Lipinski definition) is 6. The molecule has 3 amide bonds. The van der Waals surface area contributed by atoms with E-state index in [0.29, 0.717) is 28.4 Å². The molecule has 3 N–H and O–H groups in total. The summed E-state index contributed by atoms with van der Waals surface area (Å²) in [6.07, 6.45) is 1.28. The Morgan fingerprint density at radius 1 is 0.882 bits per heavy atom. The van der Waals surface area contributed by atoms with Gasteiger partial charge in [0.1, 0.15) is 17.3 Å². The Hall–Kier alpha value is -4.73. The van der Waals surface area contributed by atoms with Crippen molar-refractivity contribution in [3.8, 4) is 11.5 Å². The smallest absolute Gasteiger partial charge is 0.329 e. The number of rotatable bonds is 8. The van der Waals surface area contributed by atoms with Gasteiger partial charge in [-0.25, -0.2) is 9.82 Å². The molecule has 0 aliphatic carbocycles. The predicted octanol–water partition coefficient (Wildman–Crippen LogP) is 2.94. The summed E-state index contributed by atoms with van der Waals surface area (Å²) < 4.78 is 23.5. The summed E-state index contributed by atoms with van der Waals surface area (Å²) in [5, 5.41) is 8.80. The Kier molecular flexibility index (Phi) is 8.28. The lowest BCUT2D eigenvalue weighted by Gasteiger charge is -2.09. The number of hydrogen-bond donors (Lipinski definition) is 3. The van der Waals surface area contributed by atoms with Crippen LogP contribution in [0.2, 0.25) is 0 Å². The minimum Gasteiger partial charge on any atom is -0.497 e. The minimum atomic E-state index is -0.968. The van der Waals surface area contributed by atoms with Crippen molar-refractivity contribution in [3.63, 3.8) is 0 Å². The highest BCUT2D eigenvalue weighted by atomic mass is 19.1. The number of para-hydroxylation sites is 1. The lowest BCUT2D eigenvalue weighted by molar-refractivity contribution is -0.136. The van der Waals surface area contributed by atoms with E-state index in [1.165, 1.54) is 37.6 Å². The molecule has 0 aliphatic rings. The van der Waals surface area contributed by atoms with E-state index in [-0.39, 0.29) is 6.61 Å². The third-order valence-corrected chi connectivity index (χ3v) is 4.33. The first-order chi connectivity index (χ1) is 16.4. The maximum Gasteiger partial charge on any atom is 0.329 e. The van der Waals surface area contributed by atoms with E-state index >= 15 is 0 Å². The molecule has 0 aliphatic heterocycles. The maximum atomic E-state index is 13.0. The average Bonchev–Trinajstić information content (AvgIpc) is 2.85. The van der Waals surface area contributed by atoms with Gasteiger partial charge in [0.05, 0.1) is 13.3 Å². The Morgan fingerprint density at radius 2 is 1.53 bits per heavy atom. The molecule has 0 spiro atoms. The van der Waals surface area contributed by atoms with Crippen LogP contribution in [0.15, 0.2) is 77.9 Å². The summed E-state index contributed by atoms with van der Waals surface area (Å²) in [5.41, 5.74) is 3.45. The van der Waals surface area contributed by atoms with Crippen LogP contribution in [0.5, 0.6) is 11.5 Å². The largest absolute Gasteiger partial charge is 0.497 e. The lowest BCUT2D eigenvalue weighted by atomic mass is 10.2. The van der Waals surface area contributed by atoms with Crippen LogP contribution in [0.1, 0.15) is 5.56 Å². The SMILES string of the molecule is COc1ccc(NC(=O)C(=O)N/N=C\c2ccccc2OCC(=O)Nc2ccc(F)cc2)cc1. The molecule has 10 heteroatoms. The second-order valence-corrected chi connectivity index (χ2v) is 6.76. The fraction of sp³-hybridized carbons (Fsp3) is 0.0833. The molecule has 0 saturated heterocycles. The van der Waals surface area contributed by atoms with Crippen molar-refractivity contribution >= 4 is 35.3 Å². The van der Waals surface area contributed by atoms with E-state index in [9.17, 15) is 18.8 Å². The van der Waals surface area contributed by atoms with Gasteiger partial charge >= 0.3 is 11.8 Å². The Labute approximate surface area is 194 Å². The highest BCUT2D eigenvalue weighted by Gasteiger charge is 2.13. The monoisotopic (exact) mass is 464 g/mol. The highest BCUT2D eigenvalue weighted by Crippen LogP contribution is 2.17. The Bertz CT molecular complexity index is 1180. The summed E-state index contributed by atoms with van der Waals surface area (Å²) in [6.45, 7) is -0.307. The summed E-state index contributed by atoms with van der Waals surface area (Å²) in [5.74, 6) is -1.78. The topological polar surface area (TPSA) is 118 Å². The first kappa shape index (κ1) is 23.9. The van der Waals surface area contributed by atoms with Crippen LogP contribution in [0.4, 0.5) is 15.8 Å². The number of benzene rings is 3. The number of ether oxygens (including phenoxy) is 2. The third kappa shape index (κ3) is 7.16. The van der Waals surface area contributed by atoms with Gasteiger partial charge in [0.25, 0.3) is 5.91 Å². The molecule has 9 nitrogen and oxygen atoms in total. The number of carbonyl (C=O) groups is 3. The van der Waals surface area contributed by atoms with Crippen molar-refractivity contribution < 1.29 is 28.2 Å². The van der Waals surface area contributed by atoms with Gasteiger partial charge in [-0.1, -0.05) is 12.1 Å². The van der Waals surface area contributed by atoms with Crippen LogP contribution in [0, 0.1) is 5.82 Å². The first-order valence-corrected chi connectivity index (χ1v) is 10.0. The quantitative estimate of drug-likeness (QED) is 0.269. The zero-order valence-corrected chi connectivity index (χ0v) is 18.1. The molecule has 3 rings (SSSR count). The number of nitrogens with one attached hydrogen (secondary N) is 3. The van der Waals surface area contributed by atoms with Gasteiger partial charge in [-0.05, 0) is 60.7 Å². The number of nitrogens with zero attached hydrogens (tertiary/aromatic N) is 1. The summed E-state index contributed by atoms with van der Waals surface area (Å²) in [6, 6.07) is 18.5. The first-order valence-electron chi connectivity index (χ1n) is 10.0. The molecule has 3 aromatic rings. The molecule has 0 aromatic heterocycles. The van der Waals surface area contributed by atoms with Crippen LogP contribution < -0.4 is 25.5 Å². The van der Waals surface area contributed by atoms with Gasteiger partial charge in [-0.2, -0.15) is 5.10 Å². The van der Waals surface area contributed by atoms with Crippen molar-refractivity contribution in [2.24, 2.45) is 5.10 Å². The van der Waals surface area contributed by atoms with Crippen LogP contribution in [-0.4, -0.2) is 37.7 Å².